The summed E-state index contributed by atoms with van der Waals surface area (Å²) in [5, 5.41) is 0.645. The molecule has 0 atom stereocenters. The van der Waals surface area contributed by atoms with Gasteiger partial charge in [-0.15, -0.1) is 0 Å². The standard InChI is InChI=1S/C23H15BrClNO3/c24-18-11-9-15(10-12-18)22-26-20(23(27)29-22)13-16-5-2-4-8-21(16)28-14-17-6-1-3-7-19(17)25/h1-13H,14H2. The van der Waals surface area contributed by atoms with Crippen molar-refractivity contribution >= 4 is 45.5 Å². The lowest BCUT2D eigenvalue weighted by molar-refractivity contribution is -0.129. The minimum Gasteiger partial charge on any atom is -0.488 e. The predicted molar refractivity (Wildman–Crippen MR) is 117 cm³/mol. The Bertz CT molecular complexity index is 1120. The second-order valence-corrected chi connectivity index (χ2v) is 7.58. The molecule has 0 aliphatic carbocycles. The first-order chi connectivity index (χ1) is 14.1. The lowest BCUT2D eigenvalue weighted by Gasteiger charge is -2.10. The lowest BCUT2D eigenvalue weighted by Crippen LogP contribution is -2.05. The molecule has 0 spiro atoms. The highest BCUT2D eigenvalue weighted by atomic mass is 79.9. The Labute approximate surface area is 181 Å². The van der Waals surface area contributed by atoms with Crippen LogP contribution < -0.4 is 4.74 Å². The van der Waals surface area contributed by atoms with E-state index in [4.69, 9.17) is 21.1 Å². The quantitative estimate of drug-likeness (QED) is 0.339. The number of para-hydroxylation sites is 1. The number of carbonyl (C=O) groups excluding carboxylic acids is 1. The number of nitrogens with zero attached hydrogens (tertiary/aromatic N) is 1. The van der Waals surface area contributed by atoms with Gasteiger partial charge in [0.25, 0.3) is 0 Å². The van der Waals surface area contributed by atoms with Gasteiger partial charge >= 0.3 is 5.97 Å². The summed E-state index contributed by atoms with van der Waals surface area (Å²) in [5.74, 6) is 0.409. The molecule has 0 aromatic heterocycles. The summed E-state index contributed by atoms with van der Waals surface area (Å²) < 4.78 is 12.2. The van der Waals surface area contributed by atoms with Crippen LogP contribution in [0.1, 0.15) is 16.7 Å². The van der Waals surface area contributed by atoms with Crippen LogP contribution >= 0.6 is 27.5 Å². The summed E-state index contributed by atoms with van der Waals surface area (Å²) in [6, 6.07) is 22.3. The maximum absolute atomic E-state index is 12.3. The summed E-state index contributed by atoms with van der Waals surface area (Å²) in [6.07, 6.45) is 1.66. The van der Waals surface area contributed by atoms with Crippen LogP contribution in [-0.4, -0.2) is 11.9 Å². The molecule has 0 amide bonds. The third-order valence-corrected chi connectivity index (χ3v) is 5.16. The Kier molecular flexibility index (Phi) is 5.79. The van der Waals surface area contributed by atoms with Crippen molar-refractivity contribution < 1.29 is 14.3 Å². The van der Waals surface area contributed by atoms with Gasteiger partial charge in [-0.05, 0) is 42.5 Å². The molecule has 0 saturated carbocycles. The number of cyclic esters (lactones) is 1. The third-order valence-electron chi connectivity index (χ3n) is 4.26. The molecule has 1 heterocycles. The van der Waals surface area contributed by atoms with E-state index < -0.39 is 5.97 Å². The van der Waals surface area contributed by atoms with Crippen LogP contribution in [0.15, 0.2) is 88.0 Å². The summed E-state index contributed by atoms with van der Waals surface area (Å²) >= 11 is 9.58. The average Bonchev–Trinajstić information content (AvgIpc) is 3.09. The van der Waals surface area contributed by atoms with Crippen LogP contribution in [0.25, 0.3) is 6.08 Å². The van der Waals surface area contributed by atoms with Gasteiger partial charge < -0.3 is 9.47 Å². The van der Waals surface area contributed by atoms with E-state index in [-0.39, 0.29) is 11.6 Å². The first-order valence-corrected chi connectivity index (χ1v) is 10.0. The molecule has 1 aliphatic heterocycles. The molecule has 0 saturated heterocycles. The molecule has 1 aliphatic rings. The molecule has 3 aromatic rings. The summed E-state index contributed by atoms with van der Waals surface area (Å²) in [5.41, 5.74) is 2.56. The number of aliphatic imine (C=N–C) groups is 1. The minimum atomic E-state index is -0.496. The number of benzene rings is 3. The van der Waals surface area contributed by atoms with Gasteiger partial charge in [-0.2, -0.15) is 0 Å². The Morgan fingerprint density at radius 3 is 2.52 bits per heavy atom. The van der Waals surface area contributed by atoms with Crippen LogP contribution in [0, 0.1) is 0 Å². The Hall–Kier alpha value is -2.89. The fourth-order valence-electron chi connectivity index (χ4n) is 2.77. The smallest absolute Gasteiger partial charge is 0.363 e. The molecule has 4 rings (SSSR count). The van der Waals surface area contributed by atoms with Crippen LogP contribution in [0.5, 0.6) is 5.75 Å². The molecular weight excluding hydrogens is 454 g/mol. The Balaban J connectivity index is 1.58. The van der Waals surface area contributed by atoms with Crippen molar-refractivity contribution in [1.82, 2.24) is 0 Å². The van der Waals surface area contributed by atoms with Gasteiger partial charge in [0.15, 0.2) is 5.70 Å². The van der Waals surface area contributed by atoms with E-state index in [2.05, 4.69) is 20.9 Å². The number of ether oxygens (including phenoxy) is 2. The van der Waals surface area contributed by atoms with Gasteiger partial charge in [0, 0.05) is 26.2 Å². The van der Waals surface area contributed by atoms with Crippen LogP contribution in [0.3, 0.4) is 0 Å². The van der Waals surface area contributed by atoms with Crippen LogP contribution in [-0.2, 0) is 16.1 Å². The molecule has 0 N–H and O–H groups in total. The van der Waals surface area contributed by atoms with Crippen molar-refractivity contribution in [2.75, 3.05) is 0 Å². The second kappa shape index (κ2) is 8.64. The zero-order valence-corrected chi connectivity index (χ0v) is 17.5. The maximum atomic E-state index is 12.3. The summed E-state index contributed by atoms with van der Waals surface area (Å²) in [4.78, 5) is 16.6. The monoisotopic (exact) mass is 467 g/mol. The normalized spacial score (nSPS) is 14.6. The lowest BCUT2D eigenvalue weighted by atomic mass is 10.1. The largest absolute Gasteiger partial charge is 0.488 e. The van der Waals surface area contributed by atoms with E-state index in [0.29, 0.717) is 17.4 Å². The van der Waals surface area contributed by atoms with Gasteiger partial charge in [-0.25, -0.2) is 9.79 Å². The van der Waals surface area contributed by atoms with Gasteiger partial charge in [0.1, 0.15) is 12.4 Å². The number of esters is 1. The molecule has 4 nitrogen and oxygen atoms in total. The number of halogens is 2. The van der Waals surface area contributed by atoms with E-state index in [9.17, 15) is 4.79 Å². The maximum Gasteiger partial charge on any atom is 0.363 e. The van der Waals surface area contributed by atoms with Crippen molar-refractivity contribution in [3.8, 4) is 5.75 Å². The zero-order valence-electron chi connectivity index (χ0n) is 15.1. The molecule has 0 radical (unpaired) electrons. The fraction of sp³-hybridized carbons (Fsp3) is 0.0435. The summed E-state index contributed by atoms with van der Waals surface area (Å²) in [6.45, 7) is 0.317. The Morgan fingerprint density at radius 2 is 1.72 bits per heavy atom. The van der Waals surface area contributed by atoms with E-state index in [1.807, 2.05) is 72.8 Å². The topological polar surface area (TPSA) is 47.9 Å². The predicted octanol–water partition coefficient (Wildman–Crippen LogP) is 6.03. The van der Waals surface area contributed by atoms with Crippen molar-refractivity contribution in [2.24, 2.45) is 4.99 Å². The molecule has 0 unspecified atom stereocenters. The number of carbonyl (C=O) groups is 1. The van der Waals surface area contributed by atoms with Gasteiger partial charge in [-0.1, -0.05) is 63.9 Å². The minimum absolute atomic E-state index is 0.219. The molecule has 3 aromatic carbocycles. The van der Waals surface area contributed by atoms with Crippen molar-refractivity contribution in [3.05, 3.63) is 105 Å². The first-order valence-electron chi connectivity index (χ1n) is 8.84. The molecular formula is C23H15BrClNO3. The van der Waals surface area contributed by atoms with E-state index in [1.165, 1.54) is 0 Å². The highest BCUT2D eigenvalue weighted by Crippen LogP contribution is 2.26. The zero-order chi connectivity index (χ0) is 20.2. The van der Waals surface area contributed by atoms with Crippen molar-refractivity contribution in [1.29, 1.82) is 0 Å². The van der Waals surface area contributed by atoms with Gasteiger partial charge in [0.05, 0.1) is 0 Å². The molecule has 0 bridgehead atoms. The number of rotatable bonds is 5. The van der Waals surface area contributed by atoms with E-state index in [0.717, 1.165) is 21.2 Å². The highest BCUT2D eigenvalue weighted by Gasteiger charge is 2.24. The number of hydrogen-bond acceptors (Lipinski definition) is 4. The third kappa shape index (κ3) is 4.58. The van der Waals surface area contributed by atoms with Crippen molar-refractivity contribution in [2.45, 2.75) is 6.61 Å². The van der Waals surface area contributed by atoms with E-state index >= 15 is 0 Å². The average molecular weight is 469 g/mol. The number of hydrogen-bond donors (Lipinski definition) is 0. The van der Waals surface area contributed by atoms with E-state index in [1.54, 1.807) is 6.08 Å². The molecule has 29 heavy (non-hydrogen) atoms. The van der Waals surface area contributed by atoms with Gasteiger partial charge in [-0.3, -0.25) is 0 Å². The first kappa shape index (κ1) is 19.4. The summed E-state index contributed by atoms with van der Waals surface area (Å²) in [7, 11) is 0. The van der Waals surface area contributed by atoms with Crippen LogP contribution in [0.2, 0.25) is 5.02 Å². The van der Waals surface area contributed by atoms with Crippen molar-refractivity contribution in [3.63, 3.8) is 0 Å². The SMILES string of the molecule is O=C1OC(c2ccc(Br)cc2)=NC1=Cc1ccccc1OCc1ccccc1Cl. The second-order valence-electron chi connectivity index (χ2n) is 6.26. The molecule has 6 heteroatoms. The Morgan fingerprint density at radius 1 is 1.00 bits per heavy atom. The highest BCUT2D eigenvalue weighted by molar-refractivity contribution is 9.10. The molecule has 0 fully saturated rings. The molecule has 144 valence electrons. The van der Waals surface area contributed by atoms with Crippen LogP contribution in [0.4, 0.5) is 0 Å². The fourth-order valence-corrected chi connectivity index (χ4v) is 3.23. The van der Waals surface area contributed by atoms with Gasteiger partial charge in [0.2, 0.25) is 5.90 Å².